The number of carbonyl (C=O) groups is 1. The topological polar surface area (TPSA) is 55.1 Å². The highest BCUT2D eigenvalue weighted by Gasteiger charge is 2.17. The number of hydrogen-bond donors (Lipinski definition) is 1. The second kappa shape index (κ2) is 7.01. The number of nitrogens with zero attached hydrogens (tertiary/aromatic N) is 1. The van der Waals surface area contributed by atoms with Gasteiger partial charge >= 0.3 is 0 Å². The van der Waals surface area contributed by atoms with Crippen molar-refractivity contribution in [3.63, 3.8) is 0 Å². The zero-order valence-corrected chi connectivity index (χ0v) is 14.9. The van der Waals surface area contributed by atoms with Crippen LogP contribution < -0.4 is 5.32 Å². The number of anilines is 1. The Morgan fingerprint density at radius 2 is 1.92 bits per heavy atom. The number of rotatable bonds is 5. The van der Waals surface area contributed by atoms with Gasteiger partial charge in [0.25, 0.3) is 5.91 Å². The Labute approximate surface area is 145 Å². The molecule has 0 fully saturated rings. The molecule has 124 valence electrons. The van der Waals surface area contributed by atoms with E-state index in [1.165, 1.54) is 22.5 Å². The molecule has 5 heteroatoms. The third-order valence-electron chi connectivity index (χ3n) is 3.97. The van der Waals surface area contributed by atoms with Gasteiger partial charge in [-0.05, 0) is 31.4 Å². The zero-order valence-electron chi connectivity index (χ0n) is 14.1. The average molecular weight is 340 g/mol. The van der Waals surface area contributed by atoms with Gasteiger partial charge in [0, 0.05) is 23.1 Å². The summed E-state index contributed by atoms with van der Waals surface area (Å²) in [7, 11) is 0. The first kappa shape index (κ1) is 16.5. The number of hydrogen-bond acceptors (Lipinski definition) is 4. The maximum absolute atomic E-state index is 12.4. The summed E-state index contributed by atoms with van der Waals surface area (Å²) in [5.41, 5.74) is 4.00. The standard InChI is InChI=1S/C19H20N2O2S/c1-4-14-5-7-15(8-6-14)9-16-10-20-19(24-16)21-18(22)17-12(2)11-23-13(17)3/h5-8,10-11H,4,9H2,1-3H3,(H,20,21,22). The molecule has 24 heavy (non-hydrogen) atoms. The van der Waals surface area contributed by atoms with Gasteiger partial charge in [-0.1, -0.05) is 31.2 Å². The van der Waals surface area contributed by atoms with Crippen LogP contribution in [0, 0.1) is 13.8 Å². The minimum atomic E-state index is -0.174. The maximum Gasteiger partial charge on any atom is 0.261 e. The number of thiazole rings is 1. The van der Waals surface area contributed by atoms with Gasteiger partial charge in [0.2, 0.25) is 0 Å². The zero-order chi connectivity index (χ0) is 17.1. The number of aryl methyl sites for hydroxylation is 3. The summed E-state index contributed by atoms with van der Waals surface area (Å²) in [6, 6.07) is 8.61. The summed E-state index contributed by atoms with van der Waals surface area (Å²) in [6.45, 7) is 5.80. The summed E-state index contributed by atoms with van der Waals surface area (Å²) in [5.74, 6) is 0.449. The van der Waals surface area contributed by atoms with E-state index in [1.54, 1.807) is 13.2 Å². The van der Waals surface area contributed by atoms with Crippen molar-refractivity contribution in [3.05, 3.63) is 69.6 Å². The van der Waals surface area contributed by atoms with Crippen LogP contribution in [0.2, 0.25) is 0 Å². The summed E-state index contributed by atoms with van der Waals surface area (Å²) in [4.78, 5) is 17.8. The quantitative estimate of drug-likeness (QED) is 0.728. The van der Waals surface area contributed by atoms with Gasteiger partial charge in [0.05, 0.1) is 11.8 Å². The molecule has 1 N–H and O–H groups in total. The fourth-order valence-corrected chi connectivity index (χ4v) is 3.45. The van der Waals surface area contributed by atoms with Crippen molar-refractivity contribution in [1.82, 2.24) is 4.98 Å². The molecule has 3 aromatic rings. The molecular formula is C19H20N2O2S. The molecular weight excluding hydrogens is 320 g/mol. The molecule has 0 aliphatic carbocycles. The molecule has 0 bridgehead atoms. The number of nitrogens with one attached hydrogen (secondary N) is 1. The van der Waals surface area contributed by atoms with Crippen LogP contribution in [-0.2, 0) is 12.8 Å². The monoisotopic (exact) mass is 340 g/mol. The molecule has 2 heterocycles. The average Bonchev–Trinajstić information content (AvgIpc) is 3.14. The number of furan rings is 1. The van der Waals surface area contributed by atoms with Crippen molar-refractivity contribution in [2.45, 2.75) is 33.6 Å². The van der Waals surface area contributed by atoms with Gasteiger partial charge in [-0.15, -0.1) is 11.3 Å². The fraction of sp³-hybridized carbons (Fsp3) is 0.263. The van der Waals surface area contributed by atoms with Crippen LogP contribution in [0.5, 0.6) is 0 Å². The van der Waals surface area contributed by atoms with Crippen LogP contribution in [0.25, 0.3) is 0 Å². The van der Waals surface area contributed by atoms with E-state index in [9.17, 15) is 4.79 Å². The van der Waals surface area contributed by atoms with E-state index >= 15 is 0 Å². The first-order valence-corrected chi connectivity index (χ1v) is 8.77. The highest BCUT2D eigenvalue weighted by Crippen LogP contribution is 2.23. The Kier molecular flexibility index (Phi) is 4.81. The molecule has 0 unspecified atom stereocenters. The van der Waals surface area contributed by atoms with Crippen LogP contribution in [0.3, 0.4) is 0 Å². The van der Waals surface area contributed by atoms with Crippen LogP contribution in [0.15, 0.2) is 41.1 Å². The minimum absolute atomic E-state index is 0.174. The molecule has 1 amide bonds. The van der Waals surface area contributed by atoms with Gasteiger partial charge in [-0.2, -0.15) is 0 Å². The second-order valence-electron chi connectivity index (χ2n) is 5.78. The van der Waals surface area contributed by atoms with E-state index in [-0.39, 0.29) is 5.91 Å². The van der Waals surface area contributed by atoms with E-state index in [1.807, 2.05) is 13.1 Å². The van der Waals surface area contributed by atoms with E-state index < -0.39 is 0 Å². The highest BCUT2D eigenvalue weighted by atomic mass is 32.1. The molecule has 0 atom stereocenters. The lowest BCUT2D eigenvalue weighted by Crippen LogP contribution is -2.13. The second-order valence-corrected chi connectivity index (χ2v) is 6.90. The summed E-state index contributed by atoms with van der Waals surface area (Å²) < 4.78 is 5.28. The third kappa shape index (κ3) is 3.57. The highest BCUT2D eigenvalue weighted by molar-refractivity contribution is 7.15. The van der Waals surface area contributed by atoms with Gasteiger partial charge in [0.1, 0.15) is 5.76 Å². The SMILES string of the molecule is CCc1ccc(Cc2cnc(NC(=O)c3c(C)coc3C)s2)cc1. The molecule has 2 aromatic heterocycles. The summed E-state index contributed by atoms with van der Waals surface area (Å²) in [6.07, 6.45) is 5.28. The van der Waals surface area contributed by atoms with E-state index in [4.69, 9.17) is 4.42 Å². The van der Waals surface area contributed by atoms with Crippen molar-refractivity contribution in [2.75, 3.05) is 5.32 Å². The largest absolute Gasteiger partial charge is 0.469 e. The Morgan fingerprint density at radius 3 is 2.54 bits per heavy atom. The Bertz CT molecular complexity index is 827. The lowest BCUT2D eigenvalue weighted by Gasteiger charge is -2.02. The smallest absolute Gasteiger partial charge is 0.261 e. The molecule has 0 spiro atoms. The lowest BCUT2D eigenvalue weighted by molar-refractivity contribution is 0.102. The number of benzene rings is 1. The molecule has 0 radical (unpaired) electrons. The van der Waals surface area contributed by atoms with Crippen LogP contribution in [0.4, 0.5) is 5.13 Å². The van der Waals surface area contributed by atoms with Crippen LogP contribution >= 0.6 is 11.3 Å². The van der Waals surface area contributed by atoms with E-state index in [2.05, 4.69) is 41.5 Å². The summed E-state index contributed by atoms with van der Waals surface area (Å²) >= 11 is 1.50. The Morgan fingerprint density at radius 1 is 1.21 bits per heavy atom. The van der Waals surface area contributed by atoms with Crippen LogP contribution in [0.1, 0.15) is 44.6 Å². The molecule has 0 aliphatic heterocycles. The Hall–Kier alpha value is -2.40. The third-order valence-corrected chi connectivity index (χ3v) is 4.88. The van der Waals surface area contributed by atoms with Gasteiger partial charge in [-0.3, -0.25) is 10.1 Å². The van der Waals surface area contributed by atoms with Crippen molar-refractivity contribution in [3.8, 4) is 0 Å². The molecule has 3 rings (SSSR count). The van der Waals surface area contributed by atoms with Crippen molar-refractivity contribution < 1.29 is 9.21 Å². The lowest BCUT2D eigenvalue weighted by atomic mass is 10.1. The minimum Gasteiger partial charge on any atom is -0.469 e. The number of aromatic nitrogens is 1. The van der Waals surface area contributed by atoms with Gasteiger partial charge in [0.15, 0.2) is 5.13 Å². The molecule has 0 aliphatic rings. The van der Waals surface area contributed by atoms with Crippen molar-refractivity contribution in [2.24, 2.45) is 0 Å². The first-order chi connectivity index (χ1) is 11.6. The van der Waals surface area contributed by atoms with Crippen molar-refractivity contribution in [1.29, 1.82) is 0 Å². The molecule has 0 saturated carbocycles. The molecule has 1 aromatic carbocycles. The number of carbonyl (C=O) groups excluding carboxylic acids is 1. The fourth-order valence-electron chi connectivity index (χ4n) is 2.61. The van der Waals surface area contributed by atoms with E-state index in [0.29, 0.717) is 16.5 Å². The van der Waals surface area contributed by atoms with E-state index in [0.717, 1.165) is 23.3 Å². The number of amides is 1. The normalized spacial score (nSPS) is 10.8. The Balaban J connectivity index is 1.68. The molecule has 4 nitrogen and oxygen atoms in total. The van der Waals surface area contributed by atoms with Crippen LogP contribution in [-0.4, -0.2) is 10.9 Å². The predicted octanol–water partition coefficient (Wildman–Crippen LogP) is 4.76. The van der Waals surface area contributed by atoms with Crippen molar-refractivity contribution >= 4 is 22.4 Å². The maximum atomic E-state index is 12.4. The van der Waals surface area contributed by atoms with Gasteiger partial charge in [-0.25, -0.2) is 4.98 Å². The summed E-state index contributed by atoms with van der Waals surface area (Å²) in [5, 5.41) is 3.47. The predicted molar refractivity (Wildman–Crippen MR) is 96.9 cm³/mol. The molecule has 0 saturated heterocycles. The first-order valence-electron chi connectivity index (χ1n) is 7.95. The van der Waals surface area contributed by atoms with Gasteiger partial charge < -0.3 is 4.42 Å².